The van der Waals surface area contributed by atoms with E-state index < -0.39 is 0 Å². The molecule has 0 atom stereocenters. The Balaban J connectivity index is 0.000000730. The van der Waals surface area contributed by atoms with E-state index in [-0.39, 0.29) is 0 Å². The molecule has 1 fully saturated rings. The molecule has 1 heterocycles. The maximum atomic E-state index is 5.03. The molecule has 0 aliphatic carbocycles. The van der Waals surface area contributed by atoms with Gasteiger partial charge in [-0.3, -0.25) is 0 Å². The molecule has 1 aliphatic heterocycles. The van der Waals surface area contributed by atoms with Gasteiger partial charge in [0.2, 0.25) is 0 Å². The fraction of sp³-hybridized carbons (Fsp3) is 0.0833. The van der Waals surface area contributed by atoms with Crippen LogP contribution in [0.2, 0.25) is 0 Å². The minimum absolute atomic E-state index is 0.569. The van der Waals surface area contributed by atoms with Gasteiger partial charge in [-0.05, 0) is 22.9 Å². The zero-order chi connectivity index (χ0) is 21.5. The number of nitrogens with zero attached hydrogens (tertiary/aromatic N) is 2. The van der Waals surface area contributed by atoms with Crippen LogP contribution in [0.5, 0.6) is 0 Å². The summed E-state index contributed by atoms with van der Waals surface area (Å²) in [5.74, 6) is 2.12. The molecule has 0 amide bonds. The van der Waals surface area contributed by atoms with Crippen LogP contribution in [0.15, 0.2) is 94.9 Å². The fourth-order valence-electron chi connectivity index (χ4n) is 3.39. The van der Waals surface area contributed by atoms with Crippen molar-refractivity contribution < 1.29 is 12.7 Å². The Morgan fingerprint density at radius 1 is 0.581 bits per heavy atom. The van der Waals surface area contributed by atoms with Crippen LogP contribution in [0.3, 0.4) is 0 Å². The minimum Gasteiger partial charge on any atom is -0.239 e. The molecule has 0 saturated carbocycles. The van der Waals surface area contributed by atoms with E-state index in [1.165, 1.54) is 21.5 Å². The molecular formula is C24H18Cl2N2NiS2. The van der Waals surface area contributed by atoms with Gasteiger partial charge in [-0.15, -0.1) is 23.5 Å². The molecule has 0 unspecified atom stereocenters. The first-order valence-corrected chi connectivity index (χ1v) is 14.2. The molecule has 0 aromatic heterocycles. The second kappa shape index (κ2) is 11.4. The first-order chi connectivity index (χ1) is 15.3. The van der Waals surface area contributed by atoms with Crippen molar-refractivity contribution in [2.45, 2.75) is 0 Å². The molecule has 0 N–H and O–H groups in total. The van der Waals surface area contributed by atoms with Crippen LogP contribution in [0.25, 0.3) is 21.5 Å². The fourth-order valence-corrected chi connectivity index (χ4v) is 5.46. The van der Waals surface area contributed by atoms with Crippen molar-refractivity contribution in [3.8, 4) is 0 Å². The van der Waals surface area contributed by atoms with Crippen LogP contribution < -0.4 is 0 Å². The molecule has 5 rings (SSSR count). The van der Waals surface area contributed by atoms with Crippen LogP contribution in [-0.4, -0.2) is 21.6 Å². The van der Waals surface area contributed by atoms with E-state index in [1.807, 2.05) is 0 Å². The third kappa shape index (κ3) is 5.66. The summed E-state index contributed by atoms with van der Waals surface area (Å²) in [6.45, 7) is 0. The number of halogens is 2. The summed E-state index contributed by atoms with van der Waals surface area (Å²) in [6.07, 6.45) is 0. The molecule has 0 radical (unpaired) electrons. The Kier molecular flexibility index (Phi) is 8.35. The number of aliphatic imine (C=N–C) groups is 2. The zero-order valence-corrected chi connectivity index (χ0v) is 20.4. The Labute approximate surface area is 204 Å². The Hall–Kier alpha value is -1.49. The van der Waals surface area contributed by atoms with Crippen molar-refractivity contribution in [3.05, 3.63) is 84.9 Å². The van der Waals surface area contributed by atoms with E-state index in [1.54, 1.807) is 23.5 Å². The standard InChI is InChI=1S/C24H18N2S2.2ClH.Ni/c1-3-11-19-17(7-1)9-5-13-21(19)25-23-24(28-16-15-27-23)26-22-14-6-10-18-8-2-4-12-20(18)22;;;/h1-14H,15-16H2;2*1H;/q;;;+2/p-2. The van der Waals surface area contributed by atoms with E-state index >= 15 is 0 Å². The maximum Gasteiger partial charge on any atom is 0.129 e. The molecule has 4 aromatic carbocycles. The molecule has 7 heteroatoms. The SMILES string of the molecule is [Cl][Ni][Cl].c1ccc2c(N=C3SCCSC3=Nc3cccc4ccccc34)cccc2c1. The Morgan fingerprint density at radius 3 is 1.42 bits per heavy atom. The van der Waals surface area contributed by atoms with Crippen molar-refractivity contribution in [1.82, 2.24) is 0 Å². The van der Waals surface area contributed by atoms with Gasteiger partial charge in [0.1, 0.15) is 10.1 Å². The first kappa shape index (κ1) is 22.7. The molecular weight excluding hydrogens is 510 g/mol. The average molecular weight is 528 g/mol. The monoisotopic (exact) mass is 526 g/mol. The number of hydrogen-bond acceptors (Lipinski definition) is 4. The predicted molar refractivity (Wildman–Crippen MR) is 139 cm³/mol. The Morgan fingerprint density at radius 2 is 0.968 bits per heavy atom. The number of thioether (sulfide) groups is 2. The quantitative estimate of drug-likeness (QED) is 0.244. The molecule has 1 aliphatic rings. The molecule has 160 valence electrons. The van der Waals surface area contributed by atoms with Gasteiger partial charge in [0.15, 0.2) is 0 Å². The van der Waals surface area contributed by atoms with E-state index in [2.05, 4.69) is 84.9 Å². The summed E-state index contributed by atoms with van der Waals surface area (Å²) in [5.41, 5.74) is 2.02. The number of hydrogen-bond donors (Lipinski definition) is 0. The van der Waals surface area contributed by atoms with Gasteiger partial charge in [-0.2, -0.15) is 0 Å². The van der Waals surface area contributed by atoms with Gasteiger partial charge >= 0.3 is 33.0 Å². The van der Waals surface area contributed by atoms with E-state index in [0.29, 0.717) is 12.7 Å². The zero-order valence-electron chi connectivity index (χ0n) is 16.3. The van der Waals surface area contributed by atoms with Gasteiger partial charge in [0.05, 0.1) is 11.4 Å². The largest absolute Gasteiger partial charge is 0.239 e. The van der Waals surface area contributed by atoms with Crippen molar-refractivity contribution in [2.24, 2.45) is 9.98 Å². The van der Waals surface area contributed by atoms with Gasteiger partial charge in [0, 0.05) is 22.3 Å². The van der Waals surface area contributed by atoms with Crippen molar-refractivity contribution in [1.29, 1.82) is 0 Å². The number of rotatable bonds is 2. The van der Waals surface area contributed by atoms with Crippen LogP contribution in [0, 0.1) is 0 Å². The topological polar surface area (TPSA) is 24.7 Å². The van der Waals surface area contributed by atoms with Crippen LogP contribution in [0.1, 0.15) is 0 Å². The number of fused-ring (bicyclic) bond motifs is 2. The van der Waals surface area contributed by atoms with Gasteiger partial charge in [0.25, 0.3) is 0 Å². The number of benzene rings is 4. The second-order valence-electron chi connectivity index (χ2n) is 6.57. The third-order valence-electron chi connectivity index (χ3n) is 4.72. The smallest absolute Gasteiger partial charge is 0.129 e. The summed E-state index contributed by atoms with van der Waals surface area (Å²) >= 11 is 4.16. The van der Waals surface area contributed by atoms with Crippen LogP contribution in [0.4, 0.5) is 11.4 Å². The molecule has 0 spiro atoms. The average Bonchev–Trinajstić information content (AvgIpc) is 2.81. The summed E-state index contributed by atoms with van der Waals surface area (Å²) in [4.78, 5) is 10.1. The van der Waals surface area contributed by atoms with Gasteiger partial charge in [-0.1, -0.05) is 72.8 Å². The van der Waals surface area contributed by atoms with Crippen molar-refractivity contribution >= 4 is 86.9 Å². The van der Waals surface area contributed by atoms with E-state index in [0.717, 1.165) is 33.0 Å². The Bertz CT molecular complexity index is 1150. The summed E-state index contributed by atoms with van der Waals surface area (Å²) in [7, 11) is 9.40. The maximum absolute atomic E-state index is 5.03. The molecule has 0 bridgehead atoms. The summed E-state index contributed by atoms with van der Waals surface area (Å²) < 4.78 is 0. The van der Waals surface area contributed by atoms with Crippen LogP contribution in [-0.2, 0) is 12.7 Å². The second-order valence-corrected chi connectivity index (χ2v) is 10.4. The summed E-state index contributed by atoms with van der Waals surface area (Å²) in [6, 6.07) is 29.4. The van der Waals surface area contributed by atoms with E-state index in [9.17, 15) is 0 Å². The predicted octanol–water partition coefficient (Wildman–Crippen LogP) is 8.61. The molecule has 4 aromatic rings. The first-order valence-electron chi connectivity index (χ1n) is 9.51. The van der Waals surface area contributed by atoms with Gasteiger partial charge < -0.3 is 0 Å². The van der Waals surface area contributed by atoms with Crippen LogP contribution >= 0.6 is 43.9 Å². The van der Waals surface area contributed by atoms with Crippen molar-refractivity contribution in [3.63, 3.8) is 0 Å². The minimum atomic E-state index is 0.569. The van der Waals surface area contributed by atoms with Gasteiger partial charge in [-0.25, -0.2) is 9.98 Å². The molecule has 2 nitrogen and oxygen atoms in total. The molecule has 1 saturated heterocycles. The molecule has 31 heavy (non-hydrogen) atoms. The van der Waals surface area contributed by atoms with Crippen molar-refractivity contribution in [2.75, 3.05) is 11.5 Å². The summed E-state index contributed by atoms with van der Waals surface area (Å²) in [5, 5.41) is 6.81. The third-order valence-corrected chi connectivity index (χ3v) is 7.04. The normalized spacial score (nSPS) is 16.6. The van der Waals surface area contributed by atoms with E-state index in [4.69, 9.17) is 30.4 Å².